The summed E-state index contributed by atoms with van der Waals surface area (Å²) in [6.07, 6.45) is 1.58. The number of para-hydroxylation sites is 1. The first-order valence-electron chi connectivity index (χ1n) is 10.4. The zero-order valence-corrected chi connectivity index (χ0v) is 19.5. The van der Waals surface area contributed by atoms with E-state index < -0.39 is 17.9 Å². The van der Waals surface area contributed by atoms with Crippen molar-refractivity contribution < 1.29 is 19.1 Å². The Balaban J connectivity index is 1.73. The molecule has 0 radical (unpaired) electrons. The fourth-order valence-corrected chi connectivity index (χ4v) is 3.61. The average Bonchev–Trinajstić information content (AvgIpc) is 2.78. The smallest absolute Gasteiger partial charge is 0.338 e. The van der Waals surface area contributed by atoms with Crippen LogP contribution in [0.15, 0.2) is 64.9 Å². The van der Waals surface area contributed by atoms with E-state index in [9.17, 15) is 9.59 Å². The summed E-state index contributed by atoms with van der Waals surface area (Å²) in [5.41, 5.74) is 6.07. The molecule has 1 heterocycles. The molecule has 8 nitrogen and oxygen atoms in total. The first kappa shape index (κ1) is 23.9. The molecular weight excluding hydrogens is 440 g/mol. The first-order valence-corrected chi connectivity index (χ1v) is 10.9. The van der Waals surface area contributed by atoms with Crippen LogP contribution in [0.5, 0.6) is 5.75 Å². The minimum atomic E-state index is -0.587. The zero-order chi connectivity index (χ0) is 23.8. The second-order valence-corrected chi connectivity index (χ2v) is 7.68. The van der Waals surface area contributed by atoms with Crippen molar-refractivity contribution in [2.45, 2.75) is 26.8 Å². The molecule has 1 atom stereocenters. The summed E-state index contributed by atoms with van der Waals surface area (Å²) < 4.78 is 11.0. The Morgan fingerprint density at radius 2 is 1.88 bits per heavy atom. The number of esters is 1. The Kier molecular flexibility index (Phi) is 8.15. The van der Waals surface area contributed by atoms with Crippen LogP contribution >= 0.6 is 12.2 Å². The number of carbonyl (C=O) groups excluding carboxylic acids is 2. The number of amides is 1. The predicted molar refractivity (Wildman–Crippen MR) is 130 cm³/mol. The summed E-state index contributed by atoms with van der Waals surface area (Å²) in [4.78, 5) is 24.9. The predicted octanol–water partition coefficient (Wildman–Crippen LogP) is 2.88. The molecule has 0 saturated heterocycles. The van der Waals surface area contributed by atoms with E-state index in [0.29, 0.717) is 27.7 Å². The van der Waals surface area contributed by atoms with Gasteiger partial charge in [-0.3, -0.25) is 4.79 Å². The Bertz CT molecular complexity index is 1110. The largest absolute Gasteiger partial charge is 0.483 e. The van der Waals surface area contributed by atoms with Crippen molar-refractivity contribution >= 4 is 35.4 Å². The minimum Gasteiger partial charge on any atom is -0.483 e. The molecule has 3 rings (SSSR count). The van der Waals surface area contributed by atoms with E-state index in [1.54, 1.807) is 32.2 Å². The molecule has 0 unspecified atom stereocenters. The van der Waals surface area contributed by atoms with Gasteiger partial charge >= 0.3 is 5.97 Å². The van der Waals surface area contributed by atoms with Crippen molar-refractivity contribution in [1.29, 1.82) is 0 Å². The summed E-state index contributed by atoms with van der Waals surface area (Å²) in [6, 6.07) is 14.3. The van der Waals surface area contributed by atoms with Crippen molar-refractivity contribution in [3.63, 3.8) is 0 Å². The van der Waals surface area contributed by atoms with Crippen LogP contribution in [0.3, 0.4) is 0 Å². The molecule has 3 N–H and O–H groups in total. The van der Waals surface area contributed by atoms with E-state index in [1.807, 2.05) is 43.3 Å². The number of rotatable bonds is 8. The van der Waals surface area contributed by atoms with E-state index in [1.165, 1.54) is 0 Å². The third-order valence-electron chi connectivity index (χ3n) is 4.93. The molecule has 0 spiro atoms. The number of hydrazone groups is 1. The van der Waals surface area contributed by atoms with Gasteiger partial charge in [0.15, 0.2) is 11.7 Å². The summed E-state index contributed by atoms with van der Waals surface area (Å²) in [5.74, 6) is -0.436. The highest BCUT2D eigenvalue weighted by Crippen LogP contribution is 2.33. The summed E-state index contributed by atoms with van der Waals surface area (Å²) >= 11 is 5.28. The number of nitrogens with zero attached hydrogens (tertiary/aromatic N) is 1. The molecule has 0 aromatic heterocycles. The van der Waals surface area contributed by atoms with E-state index in [4.69, 9.17) is 21.7 Å². The number of aryl methyl sites for hydroxylation is 1. The highest BCUT2D eigenvalue weighted by Gasteiger charge is 2.32. The van der Waals surface area contributed by atoms with Crippen LogP contribution in [0.1, 0.15) is 36.6 Å². The fraction of sp³-hybridized carbons (Fsp3) is 0.250. The van der Waals surface area contributed by atoms with Crippen LogP contribution in [0.2, 0.25) is 0 Å². The molecule has 2 aromatic carbocycles. The van der Waals surface area contributed by atoms with Gasteiger partial charge in [-0.1, -0.05) is 42.5 Å². The molecule has 0 saturated carbocycles. The topological polar surface area (TPSA) is 101 Å². The quantitative estimate of drug-likeness (QED) is 0.238. The number of hydrogen-bond donors (Lipinski definition) is 3. The van der Waals surface area contributed by atoms with Crippen molar-refractivity contribution in [1.82, 2.24) is 16.1 Å². The van der Waals surface area contributed by atoms with E-state index in [0.717, 1.165) is 11.1 Å². The summed E-state index contributed by atoms with van der Waals surface area (Å²) in [5, 5.41) is 10.4. The molecule has 172 valence electrons. The molecule has 1 amide bonds. The van der Waals surface area contributed by atoms with Crippen molar-refractivity contribution in [2.75, 3.05) is 13.2 Å². The molecule has 1 aliphatic heterocycles. The number of carbonyl (C=O) groups is 2. The highest BCUT2D eigenvalue weighted by atomic mass is 32.1. The third kappa shape index (κ3) is 6.17. The van der Waals surface area contributed by atoms with Crippen LogP contribution in [0.4, 0.5) is 0 Å². The fourth-order valence-electron chi connectivity index (χ4n) is 3.34. The molecule has 1 aliphatic rings. The van der Waals surface area contributed by atoms with Gasteiger partial charge < -0.3 is 20.1 Å². The molecule has 0 bridgehead atoms. The van der Waals surface area contributed by atoms with E-state index >= 15 is 0 Å². The van der Waals surface area contributed by atoms with Crippen LogP contribution in [-0.4, -0.2) is 36.4 Å². The second kappa shape index (κ2) is 11.2. The lowest BCUT2D eigenvalue weighted by molar-refractivity contribution is -0.139. The average molecular weight is 467 g/mol. The van der Waals surface area contributed by atoms with Gasteiger partial charge in [0.2, 0.25) is 0 Å². The summed E-state index contributed by atoms with van der Waals surface area (Å²) in [6.45, 7) is 5.46. The number of benzene rings is 2. The molecule has 33 heavy (non-hydrogen) atoms. The van der Waals surface area contributed by atoms with E-state index in [2.05, 4.69) is 21.2 Å². The SMILES string of the molecule is CCOC(=O)C1=C(C)NC(=S)N[C@H]1c1ccccc1OCC(=O)NN=Cc1ccccc1C. The van der Waals surface area contributed by atoms with Gasteiger partial charge in [-0.15, -0.1) is 0 Å². The Morgan fingerprint density at radius 1 is 1.15 bits per heavy atom. The Morgan fingerprint density at radius 3 is 2.64 bits per heavy atom. The van der Waals surface area contributed by atoms with Gasteiger partial charge in [-0.25, -0.2) is 10.2 Å². The van der Waals surface area contributed by atoms with Crippen molar-refractivity contribution in [3.05, 3.63) is 76.5 Å². The number of ether oxygens (including phenoxy) is 2. The van der Waals surface area contributed by atoms with Crippen LogP contribution in [0, 0.1) is 6.92 Å². The minimum absolute atomic E-state index is 0.244. The molecule has 9 heteroatoms. The maximum Gasteiger partial charge on any atom is 0.338 e. The lowest BCUT2D eigenvalue weighted by Gasteiger charge is -2.30. The molecule has 2 aromatic rings. The number of nitrogens with one attached hydrogen (secondary N) is 3. The Labute approximate surface area is 198 Å². The number of thiocarbonyl (C=S) groups is 1. The molecular formula is C24H26N4O4S. The van der Waals surface area contributed by atoms with Gasteiger partial charge in [-0.2, -0.15) is 5.10 Å². The van der Waals surface area contributed by atoms with E-state index in [-0.39, 0.29) is 13.2 Å². The third-order valence-corrected chi connectivity index (χ3v) is 5.15. The standard InChI is InChI=1S/C24H26N4O4S/c1-4-31-23(30)21-16(3)26-24(33)27-22(21)18-11-7-8-12-19(18)32-14-20(29)28-25-13-17-10-6-5-9-15(17)2/h5-13,22H,4,14H2,1-3H3,(H,28,29)(H2,26,27,33)/t22-/m0/s1. The normalized spacial score (nSPS) is 15.6. The Hall–Kier alpha value is -3.72. The van der Waals surface area contributed by atoms with Gasteiger partial charge in [0.1, 0.15) is 5.75 Å². The van der Waals surface area contributed by atoms with Crippen molar-refractivity contribution in [3.8, 4) is 5.75 Å². The molecule has 0 aliphatic carbocycles. The van der Waals surface area contributed by atoms with Crippen LogP contribution in [-0.2, 0) is 14.3 Å². The number of hydrogen-bond acceptors (Lipinski definition) is 6. The van der Waals surface area contributed by atoms with Gasteiger partial charge in [0.05, 0.1) is 24.4 Å². The zero-order valence-electron chi connectivity index (χ0n) is 18.7. The van der Waals surface area contributed by atoms with Gasteiger partial charge in [0.25, 0.3) is 5.91 Å². The maximum absolute atomic E-state index is 12.6. The lowest BCUT2D eigenvalue weighted by Crippen LogP contribution is -2.45. The first-order chi connectivity index (χ1) is 15.9. The van der Waals surface area contributed by atoms with Gasteiger partial charge in [-0.05, 0) is 50.2 Å². The highest BCUT2D eigenvalue weighted by molar-refractivity contribution is 7.80. The maximum atomic E-state index is 12.6. The summed E-state index contributed by atoms with van der Waals surface area (Å²) in [7, 11) is 0. The number of allylic oxidation sites excluding steroid dienone is 1. The van der Waals surface area contributed by atoms with Crippen LogP contribution < -0.4 is 20.8 Å². The monoisotopic (exact) mass is 466 g/mol. The second-order valence-electron chi connectivity index (χ2n) is 7.27. The van der Waals surface area contributed by atoms with Crippen LogP contribution in [0.25, 0.3) is 0 Å². The van der Waals surface area contributed by atoms with Gasteiger partial charge in [0, 0.05) is 11.3 Å². The lowest BCUT2D eigenvalue weighted by atomic mass is 9.95. The van der Waals surface area contributed by atoms with Crippen molar-refractivity contribution in [2.24, 2.45) is 5.10 Å². The molecule has 0 fully saturated rings.